The van der Waals surface area contributed by atoms with Crippen molar-refractivity contribution < 1.29 is 0 Å². The van der Waals surface area contributed by atoms with Gasteiger partial charge in [0.2, 0.25) is 0 Å². The zero-order valence-electron chi connectivity index (χ0n) is 14.9. The lowest BCUT2D eigenvalue weighted by atomic mass is 10.0. The quantitative estimate of drug-likeness (QED) is 0.478. The molecule has 3 aromatic carbocycles. The van der Waals surface area contributed by atoms with E-state index in [0.29, 0.717) is 11.0 Å². The van der Waals surface area contributed by atoms with Crippen LogP contribution < -0.4 is 10.6 Å². The third-order valence-electron chi connectivity index (χ3n) is 3.94. The number of nitrogens with one attached hydrogen (secondary N) is 2. The molecule has 2 N–H and O–H groups in total. The minimum Gasteiger partial charge on any atom is -0.332 e. The van der Waals surface area contributed by atoms with Crippen LogP contribution in [0.2, 0.25) is 0 Å². The average molecular weight is 379 g/mol. The maximum Gasteiger partial charge on any atom is 0.175 e. The lowest BCUT2D eigenvalue weighted by Gasteiger charge is -2.17. The molecule has 0 bridgehead atoms. The second-order valence-electron chi connectivity index (χ2n) is 6.23. The third-order valence-corrected chi connectivity index (χ3v) is 5.23. The van der Waals surface area contributed by atoms with Crippen LogP contribution in [0.4, 0.5) is 11.4 Å². The predicted molar refractivity (Wildman–Crippen MR) is 117 cm³/mol. The molecule has 0 aliphatic carbocycles. The summed E-state index contributed by atoms with van der Waals surface area (Å²) in [5.74, 6) is 0.433. The van der Waals surface area contributed by atoms with Gasteiger partial charge in [0, 0.05) is 15.5 Å². The summed E-state index contributed by atoms with van der Waals surface area (Å²) in [6.07, 6.45) is 0. The first kappa shape index (κ1) is 18.5. The van der Waals surface area contributed by atoms with Gasteiger partial charge in [0.15, 0.2) is 5.11 Å². The van der Waals surface area contributed by atoms with E-state index in [1.165, 1.54) is 10.5 Å². The van der Waals surface area contributed by atoms with E-state index < -0.39 is 0 Å². The van der Waals surface area contributed by atoms with Crippen LogP contribution in [0.25, 0.3) is 0 Å². The van der Waals surface area contributed by atoms with Gasteiger partial charge in [-0.1, -0.05) is 74.1 Å². The van der Waals surface area contributed by atoms with Gasteiger partial charge in [-0.15, -0.1) is 0 Å². The van der Waals surface area contributed by atoms with Crippen molar-refractivity contribution in [1.82, 2.24) is 0 Å². The highest BCUT2D eigenvalue weighted by Gasteiger charge is 2.09. The smallest absolute Gasteiger partial charge is 0.175 e. The van der Waals surface area contributed by atoms with E-state index in [1.807, 2.05) is 42.5 Å². The molecule has 0 amide bonds. The van der Waals surface area contributed by atoms with Gasteiger partial charge in [-0.3, -0.25) is 0 Å². The Hall–Kier alpha value is -2.30. The molecule has 0 heterocycles. The molecule has 0 spiro atoms. The van der Waals surface area contributed by atoms with Crippen molar-refractivity contribution in [2.24, 2.45) is 0 Å². The molecule has 0 unspecified atom stereocenters. The highest BCUT2D eigenvalue weighted by atomic mass is 32.2. The van der Waals surface area contributed by atoms with Crippen molar-refractivity contribution in [2.45, 2.75) is 29.6 Å². The van der Waals surface area contributed by atoms with Crippen LogP contribution >= 0.6 is 24.0 Å². The Kier molecular flexibility index (Phi) is 6.31. The minimum absolute atomic E-state index is 0.433. The van der Waals surface area contributed by atoms with Crippen LogP contribution in [0.3, 0.4) is 0 Å². The van der Waals surface area contributed by atoms with Crippen molar-refractivity contribution >= 4 is 40.5 Å². The number of hydrogen-bond donors (Lipinski definition) is 2. The summed E-state index contributed by atoms with van der Waals surface area (Å²) >= 11 is 7.28. The van der Waals surface area contributed by atoms with Crippen molar-refractivity contribution in [3.63, 3.8) is 0 Å². The van der Waals surface area contributed by atoms with Crippen LogP contribution in [0, 0.1) is 0 Å². The molecule has 0 aliphatic heterocycles. The number of rotatable bonds is 5. The zero-order valence-corrected chi connectivity index (χ0v) is 16.5. The lowest BCUT2D eigenvalue weighted by molar-refractivity contribution is 0.869. The van der Waals surface area contributed by atoms with Gasteiger partial charge >= 0.3 is 0 Å². The normalized spacial score (nSPS) is 10.6. The summed E-state index contributed by atoms with van der Waals surface area (Å²) in [5, 5.41) is 7.28. The predicted octanol–water partition coefficient (Wildman–Crippen LogP) is 6.77. The van der Waals surface area contributed by atoms with Crippen LogP contribution in [0.5, 0.6) is 0 Å². The maximum absolute atomic E-state index is 5.56. The molecule has 4 heteroatoms. The number of para-hydroxylation sites is 2. The lowest BCUT2D eigenvalue weighted by Crippen LogP contribution is -2.20. The van der Waals surface area contributed by atoms with E-state index in [4.69, 9.17) is 12.2 Å². The van der Waals surface area contributed by atoms with Crippen molar-refractivity contribution in [1.29, 1.82) is 0 Å². The summed E-state index contributed by atoms with van der Waals surface area (Å²) in [4.78, 5) is 2.34. The van der Waals surface area contributed by atoms with Gasteiger partial charge in [-0.05, 0) is 54.0 Å². The van der Waals surface area contributed by atoms with Crippen LogP contribution in [-0.4, -0.2) is 5.11 Å². The molecule has 0 aromatic heterocycles. The first-order valence-electron chi connectivity index (χ1n) is 8.62. The molecule has 26 heavy (non-hydrogen) atoms. The van der Waals surface area contributed by atoms with Crippen molar-refractivity contribution in [3.8, 4) is 0 Å². The van der Waals surface area contributed by atoms with Crippen LogP contribution in [-0.2, 0) is 0 Å². The molecule has 132 valence electrons. The monoisotopic (exact) mass is 378 g/mol. The Morgan fingerprint density at radius 3 is 2.08 bits per heavy atom. The second-order valence-corrected chi connectivity index (χ2v) is 7.76. The van der Waals surface area contributed by atoms with E-state index in [9.17, 15) is 0 Å². The van der Waals surface area contributed by atoms with Gasteiger partial charge in [0.25, 0.3) is 0 Å². The fraction of sp³-hybridized carbons (Fsp3) is 0.136. The highest BCUT2D eigenvalue weighted by molar-refractivity contribution is 7.99. The molecule has 0 radical (unpaired) electrons. The standard InChI is InChI=1S/C22H22N2S2/c1-16(2)18-12-6-7-13-19(18)23-22(25)24-20-14-8-9-15-21(20)26-17-10-4-3-5-11-17/h3-16H,1-2H3,(H2,23,24,25). The van der Waals surface area contributed by atoms with Gasteiger partial charge in [0.05, 0.1) is 5.69 Å². The van der Waals surface area contributed by atoms with E-state index in [0.717, 1.165) is 16.3 Å². The first-order chi connectivity index (χ1) is 12.6. The maximum atomic E-state index is 5.56. The Morgan fingerprint density at radius 1 is 0.769 bits per heavy atom. The summed E-state index contributed by atoms with van der Waals surface area (Å²) in [6.45, 7) is 4.37. The van der Waals surface area contributed by atoms with E-state index in [2.05, 4.69) is 60.9 Å². The summed E-state index contributed by atoms with van der Waals surface area (Å²) in [7, 11) is 0. The largest absolute Gasteiger partial charge is 0.332 e. The fourth-order valence-corrected chi connectivity index (χ4v) is 3.81. The Morgan fingerprint density at radius 2 is 1.35 bits per heavy atom. The molecule has 0 saturated carbocycles. The Labute approximate surface area is 165 Å². The second kappa shape index (κ2) is 8.88. The molecular formula is C22H22N2S2. The highest BCUT2D eigenvalue weighted by Crippen LogP contribution is 2.33. The molecule has 2 nitrogen and oxygen atoms in total. The van der Waals surface area contributed by atoms with Gasteiger partial charge in [0.1, 0.15) is 0 Å². The minimum atomic E-state index is 0.433. The molecule has 0 fully saturated rings. The van der Waals surface area contributed by atoms with Crippen molar-refractivity contribution in [2.75, 3.05) is 10.6 Å². The molecule has 3 aromatic rings. The zero-order chi connectivity index (χ0) is 18.4. The first-order valence-corrected chi connectivity index (χ1v) is 9.85. The Balaban J connectivity index is 1.74. The van der Waals surface area contributed by atoms with Gasteiger partial charge in [-0.25, -0.2) is 0 Å². The molecule has 3 rings (SSSR count). The third kappa shape index (κ3) is 4.87. The van der Waals surface area contributed by atoms with Gasteiger partial charge in [-0.2, -0.15) is 0 Å². The number of benzene rings is 3. The number of thiocarbonyl (C=S) groups is 1. The molecule has 0 saturated heterocycles. The number of hydrogen-bond acceptors (Lipinski definition) is 2. The SMILES string of the molecule is CC(C)c1ccccc1NC(=S)Nc1ccccc1Sc1ccccc1. The summed E-state index contributed by atoms with van der Waals surface area (Å²) < 4.78 is 0. The van der Waals surface area contributed by atoms with E-state index >= 15 is 0 Å². The Bertz CT molecular complexity index is 876. The fourth-order valence-electron chi connectivity index (χ4n) is 2.66. The summed E-state index contributed by atoms with van der Waals surface area (Å²) in [5.41, 5.74) is 3.30. The average Bonchev–Trinajstić information content (AvgIpc) is 2.64. The van der Waals surface area contributed by atoms with Gasteiger partial charge < -0.3 is 10.6 Å². The van der Waals surface area contributed by atoms with Crippen LogP contribution in [0.15, 0.2) is 88.7 Å². The topological polar surface area (TPSA) is 24.1 Å². The molecular weight excluding hydrogens is 356 g/mol. The number of anilines is 2. The molecule has 0 atom stereocenters. The van der Waals surface area contributed by atoms with E-state index in [-0.39, 0.29) is 0 Å². The van der Waals surface area contributed by atoms with Crippen LogP contribution in [0.1, 0.15) is 25.3 Å². The van der Waals surface area contributed by atoms with E-state index in [1.54, 1.807) is 11.8 Å². The molecule has 0 aliphatic rings. The van der Waals surface area contributed by atoms with Crippen molar-refractivity contribution in [3.05, 3.63) is 84.4 Å². The summed E-state index contributed by atoms with van der Waals surface area (Å²) in [6, 6.07) is 26.8.